The van der Waals surface area contributed by atoms with Crippen molar-refractivity contribution >= 4 is 71.9 Å². The molecule has 3 rings (SSSR count). The maximum absolute atomic E-state index is 11.8. The molecule has 1 aromatic heterocycles. The van der Waals surface area contributed by atoms with E-state index in [0.29, 0.717) is 33.6 Å². The first kappa shape index (κ1) is 30.6. The zero-order chi connectivity index (χ0) is 27.9. The van der Waals surface area contributed by atoms with Gasteiger partial charge in [-0.05, 0) is 53.4 Å². The van der Waals surface area contributed by atoms with Crippen molar-refractivity contribution in [1.29, 1.82) is 0 Å². The van der Waals surface area contributed by atoms with Gasteiger partial charge in [-0.25, -0.2) is 0 Å². The molecule has 2 aromatic carbocycles. The minimum Gasteiger partial charge on any atom is -0.491 e. The second kappa shape index (κ2) is 13.4. The van der Waals surface area contributed by atoms with Gasteiger partial charge in [0, 0.05) is 23.5 Å². The standard InChI is InChI=1S/C28H28Br2ClNO4S2/c1-4-6-7-11-28(29,30)18-35-23-10-8-9-21(14-23)25-16-32(19-31)17-26(27(25)37)22-12-20(5-2)13-24(15-22)36-38(3,33)34/h5,7-17H,2,4,6,18-19H2,1,3H3/b11-7+. The quantitative estimate of drug-likeness (QED) is 0.0817. The van der Waals surface area contributed by atoms with Crippen LogP contribution >= 0.6 is 55.7 Å². The lowest BCUT2D eigenvalue weighted by Crippen LogP contribution is -2.18. The predicted octanol–water partition coefficient (Wildman–Crippen LogP) is 8.95. The van der Waals surface area contributed by atoms with Gasteiger partial charge in [0.25, 0.3) is 0 Å². The Hall–Kier alpha value is -1.91. The Kier molecular flexibility index (Phi) is 10.8. The van der Waals surface area contributed by atoms with E-state index in [0.717, 1.165) is 30.2 Å². The number of hydrogen-bond donors (Lipinski definition) is 0. The van der Waals surface area contributed by atoms with Gasteiger partial charge in [0.1, 0.15) is 21.3 Å². The number of rotatable bonds is 12. The Labute approximate surface area is 251 Å². The zero-order valence-corrected chi connectivity index (χ0v) is 26.6. The minimum atomic E-state index is -3.71. The van der Waals surface area contributed by atoms with E-state index in [4.69, 9.17) is 32.7 Å². The summed E-state index contributed by atoms with van der Waals surface area (Å²) in [4.78, 5) is 0. The van der Waals surface area contributed by atoms with Gasteiger partial charge < -0.3 is 13.5 Å². The van der Waals surface area contributed by atoms with E-state index < -0.39 is 13.4 Å². The van der Waals surface area contributed by atoms with E-state index in [-0.39, 0.29) is 11.8 Å². The minimum absolute atomic E-state index is 0.175. The van der Waals surface area contributed by atoms with Gasteiger partial charge >= 0.3 is 10.1 Å². The van der Waals surface area contributed by atoms with E-state index in [1.165, 1.54) is 0 Å². The lowest BCUT2D eigenvalue weighted by Gasteiger charge is -2.18. The molecule has 10 heteroatoms. The highest BCUT2D eigenvalue weighted by Crippen LogP contribution is 2.35. The summed E-state index contributed by atoms with van der Waals surface area (Å²) >= 11 is 19.4. The third-order valence-electron chi connectivity index (χ3n) is 5.33. The monoisotopic (exact) mass is 699 g/mol. The first-order valence-corrected chi connectivity index (χ1v) is 16.1. The van der Waals surface area contributed by atoms with Crippen molar-refractivity contribution in [2.24, 2.45) is 0 Å². The Bertz CT molecular complexity index is 1500. The molecule has 0 spiro atoms. The van der Waals surface area contributed by atoms with Crippen LogP contribution in [0.2, 0.25) is 0 Å². The fraction of sp³-hybridized carbons (Fsp3) is 0.250. The summed E-state index contributed by atoms with van der Waals surface area (Å²) < 4.78 is 36.6. The molecule has 0 radical (unpaired) electrons. The molecule has 0 aliphatic carbocycles. The summed E-state index contributed by atoms with van der Waals surface area (Å²) in [6.45, 7) is 6.31. The van der Waals surface area contributed by atoms with Gasteiger partial charge in [0.2, 0.25) is 0 Å². The van der Waals surface area contributed by atoms with Gasteiger partial charge in [-0.2, -0.15) is 8.42 Å². The molecule has 0 saturated carbocycles. The van der Waals surface area contributed by atoms with Gasteiger partial charge in [-0.15, -0.1) is 11.6 Å². The average Bonchev–Trinajstić information content (AvgIpc) is 2.86. The molecule has 0 aliphatic heterocycles. The first-order chi connectivity index (χ1) is 17.9. The van der Waals surface area contributed by atoms with Crippen LogP contribution in [0.5, 0.6) is 11.5 Å². The largest absolute Gasteiger partial charge is 0.491 e. The van der Waals surface area contributed by atoms with Crippen LogP contribution in [-0.2, 0) is 16.1 Å². The van der Waals surface area contributed by atoms with Crippen molar-refractivity contribution in [3.63, 3.8) is 0 Å². The van der Waals surface area contributed by atoms with Crippen LogP contribution in [0.3, 0.4) is 0 Å². The molecule has 0 bridgehead atoms. The van der Waals surface area contributed by atoms with Crippen molar-refractivity contribution in [3.8, 4) is 33.8 Å². The number of ether oxygens (including phenoxy) is 1. The van der Waals surface area contributed by atoms with Crippen LogP contribution in [0.25, 0.3) is 28.3 Å². The molecule has 0 aliphatic rings. The number of nitrogens with zero attached hydrogens (tertiary/aromatic N) is 1. The second-order valence-electron chi connectivity index (χ2n) is 8.60. The van der Waals surface area contributed by atoms with Crippen molar-refractivity contribution in [3.05, 3.63) is 83.7 Å². The molecule has 0 unspecified atom stereocenters. The normalized spacial score (nSPS) is 12.0. The zero-order valence-electron chi connectivity index (χ0n) is 21.0. The van der Waals surface area contributed by atoms with Crippen LogP contribution < -0.4 is 8.92 Å². The van der Waals surface area contributed by atoms with Gasteiger partial charge in [0.15, 0.2) is 0 Å². The van der Waals surface area contributed by atoms with Gasteiger partial charge in [-0.3, -0.25) is 0 Å². The van der Waals surface area contributed by atoms with Crippen LogP contribution in [0.1, 0.15) is 25.3 Å². The number of unbranched alkanes of at least 4 members (excludes halogenated alkanes) is 1. The Morgan fingerprint density at radius 2 is 1.79 bits per heavy atom. The number of allylic oxidation sites excluding steroid dienone is 1. The number of alkyl halides is 3. The molecule has 0 fully saturated rings. The number of benzene rings is 2. The molecule has 5 nitrogen and oxygen atoms in total. The third-order valence-corrected chi connectivity index (χ3v) is 7.53. The summed E-state index contributed by atoms with van der Waals surface area (Å²) in [7, 11) is -3.71. The topological polar surface area (TPSA) is 57.5 Å². The molecule has 3 aromatic rings. The van der Waals surface area contributed by atoms with Crippen LogP contribution in [0.4, 0.5) is 0 Å². The fourth-order valence-corrected chi connectivity index (χ4v) is 5.16. The van der Waals surface area contributed by atoms with Crippen molar-refractivity contribution in [2.45, 2.75) is 29.0 Å². The van der Waals surface area contributed by atoms with Crippen molar-refractivity contribution in [2.75, 3.05) is 12.9 Å². The molecule has 0 N–H and O–H groups in total. The van der Waals surface area contributed by atoms with Crippen molar-refractivity contribution in [1.82, 2.24) is 4.57 Å². The molecular formula is C28H28Br2ClNO4S2. The molecule has 0 saturated heterocycles. The highest BCUT2D eigenvalue weighted by Gasteiger charge is 2.20. The average molecular weight is 702 g/mol. The van der Waals surface area contributed by atoms with E-state index >= 15 is 0 Å². The summed E-state index contributed by atoms with van der Waals surface area (Å²) in [5.74, 6) is 0.859. The third kappa shape index (κ3) is 8.81. The highest BCUT2D eigenvalue weighted by atomic mass is 79.9. The molecule has 202 valence electrons. The lowest BCUT2D eigenvalue weighted by atomic mass is 9.99. The summed E-state index contributed by atoms with van der Waals surface area (Å²) in [6, 6.07) is 13.0. The Morgan fingerprint density at radius 1 is 1.11 bits per heavy atom. The van der Waals surface area contributed by atoms with Crippen LogP contribution in [0, 0.1) is 4.51 Å². The molecule has 38 heavy (non-hydrogen) atoms. The van der Waals surface area contributed by atoms with Crippen LogP contribution in [0.15, 0.2) is 73.6 Å². The van der Waals surface area contributed by atoms with E-state index in [2.05, 4.69) is 51.4 Å². The smallest absolute Gasteiger partial charge is 0.306 e. The maximum Gasteiger partial charge on any atom is 0.306 e. The number of halogens is 3. The number of aromatic nitrogens is 1. The first-order valence-electron chi connectivity index (χ1n) is 11.7. The number of hydrogen-bond acceptors (Lipinski definition) is 5. The summed E-state index contributed by atoms with van der Waals surface area (Å²) in [5, 5.41) is 0. The Morgan fingerprint density at radius 3 is 2.42 bits per heavy atom. The van der Waals surface area contributed by atoms with E-state index in [1.54, 1.807) is 18.2 Å². The van der Waals surface area contributed by atoms with E-state index in [9.17, 15) is 8.42 Å². The Balaban J connectivity index is 2.03. The maximum atomic E-state index is 11.8. The summed E-state index contributed by atoms with van der Waals surface area (Å²) in [5.41, 5.74) is 3.71. The lowest BCUT2D eigenvalue weighted by molar-refractivity contribution is 0.324. The van der Waals surface area contributed by atoms with Crippen LogP contribution in [-0.4, -0.2) is 29.1 Å². The van der Waals surface area contributed by atoms with Gasteiger partial charge in [-0.1, -0.05) is 94.4 Å². The molecular weight excluding hydrogens is 674 g/mol. The SMILES string of the molecule is C=Cc1cc(OS(C)(=O)=O)cc(-c2cn(CCl)cc(-c3cccc(OCC(Br)(Br)/C=C/CCC)c3)c2=S)c1. The van der Waals surface area contributed by atoms with Gasteiger partial charge in [0.05, 0.1) is 16.8 Å². The number of pyridine rings is 1. The van der Waals surface area contributed by atoms with Crippen molar-refractivity contribution < 1.29 is 17.3 Å². The predicted molar refractivity (Wildman–Crippen MR) is 168 cm³/mol. The summed E-state index contributed by atoms with van der Waals surface area (Å²) in [6.07, 6.45) is 12.5. The molecule has 0 atom stereocenters. The van der Waals surface area contributed by atoms with E-state index in [1.807, 2.05) is 53.4 Å². The fourth-order valence-electron chi connectivity index (χ4n) is 3.63. The highest BCUT2D eigenvalue weighted by molar-refractivity contribution is 9.25. The second-order valence-corrected chi connectivity index (χ2v) is 14.7. The molecule has 1 heterocycles. The molecule has 0 amide bonds.